The zero-order valence-electron chi connectivity index (χ0n) is 9.87. The Bertz CT molecular complexity index is 437. The lowest BCUT2D eigenvalue weighted by molar-refractivity contribution is -0.126. The number of anilines is 1. The van der Waals surface area contributed by atoms with Gasteiger partial charge in [0.25, 0.3) is 5.91 Å². The fourth-order valence-corrected chi connectivity index (χ4v) is 2.04. The molecule has 4 nitrogen and oxygen atoms in total. The molecule has 1 aromatic heterocycles. The minimum Gasteiger partial charge on any atom is -0.368 e. The summed E-state index contributed by atoms with van der Waals surface area (Å²) in [6.45, 7) is 4.45. The molecule has 92 valence electrons. The van der Waals surface area contributed by atoms with E-state index in [0.29, 0.717) is 23.0 Å². The second kappa shape index (κ2) is 5.02. The minimum absolute atomic E-state index is 0.137. The Morgan fingerprint density at radius 2 is 2.41 bits per heavy atom. The maximum absolute atomic E-state index is 12.0. The van der Waals surface area contributed by atoms with Crippen LogP contribution in [0.2, 0.25) is 5.02 Å². The molecule has 2 rings (SSSR count). The van der Waals surface area contributed by atoms with Crippen LogP contribution in [0.1, 0.15) is 19.0 Å². The highest BCUT2D eigenvalue weighted by atomic mass is 35.5. The molecule has 1 amide bonds. The van der Waals surface area contributed by atoms with Crippen molar-refractivity contribution < 1.29 is 9.53 Å². The Morgan fingerprint density at radius 3 is 3.06 bits per heavy atom. The van der Waals surface area contributed by atoms with Crippen LogP contribution in [0.5, 0.6) is 0 Å². The summed E-state index contributed by atoms with van der Waals surface area (Å²) in [6.07, 6.45) is 2.16. The van der Waals surface area contributed by atoms with Crippen molar-refractivity contribution in [2.75, 3.05) is 11.9 Å². The molecule has 0 radical (unpaired) electrons. The molecular weight excluding hydrogens is 240 g/mol. The first-order chi connectivity index (χ1) is 8.09. The predicted octanol–water partition coefficient (Wildman–Crippen LogP) is 2.41. The number of carbonyl (C=O) groups is 1. The molecule has 1 aliphatic heterocycles. The zero-order valence-corrected chi connectivity index (χ0v) is 10.6. The number of ether oxygens (including phenoxy) is 1. The largest absolute Gasteiger partial charge is 0.368 e. The van der Waals surface area contributed by atoms with E-state index in [1.165, 1.54) is 0 Å². The molecular formula is C12H15ClN2O2. The zero-order chi connectivity index (χ0) is 12.4. The Kier molecular flexibility index (Phi) is 3.64. The number of halogens is 1. The van der Waals surface area contributed by atoms with Gasteiger partial charge in [0.05, 0.1) is 16.4 Å². The normalized spacial score (nSPS) is 23.7. The molecule has 0 bridgehead atoms. The third-order valence-electron chi connectivity index (χ3n) is 2.97. The summed E-state index contributed by atoms with van der Waals surface area (Å²) < 4.78 is 5.40. The second-order valence-corrected chi connectivity index (χ2v) is 4.68. The highest BCUT2D eigenvalue weighted by Crippen LogP contribution is 2.26. The summed E-state index contributed by atoms with van der Waals surface area (Å²) in [5.74, 6) is 0.110. The van der Waals surface area contributed by atoms with E-state index in [9.17, 15) is 4.79 Å². The quantitative estimate of drug-likeness (QED) is 0.882. The van der Waals surface area contributed by atoms with Gasteiger partial charge < -0.3 is 10.1 Å². The van der Waals surface area contributed by atoms with Crippen molar-refractivity contribution >= 4 is 23.2 Å². The van der Waals surface area contributed by atoms with Crippen LogP contribution in [0.3, 0.4) is 0 Å². The van der Waals surface area contributed by atoms with Gasteiger partial charge in [-0.25, -0.2) is 0 Å². The van der Waals surface area contributed by atoms with Crippen LogP contribution in [0, 0.1) is 12.8 Å². The molecule has 1 saturated heterocycles. The van der Waals surface area contributed by atoms with Gasteiger partial charge in [0.15, 0.2) is 0 Å². The molecule has 17 heavy (non-hydrogen) atoms. The number of hydrogen-bond donors (Lipinski definition) is 1. The number of aromatic nitrogens is 1. The molecule has 1 aromatic rings. The van der Waals surface area contributed by atoms with Crippen LogP contribution < -0.4 is 5.32 Å². The number of nitrogens with one attached hydrogen (secondary N) is 1. The van der Waals surface area contributed by atoms with Gasteiger partial charge in [-0.05, 0) is 25.3 Å². The molecule has 2 heterocycles. The van der Waals surface area contributed by atoms with E-state index in [1.54, 1.807) is 19.2 Å². The van der Waals surface area contributed by atoms with Gasteiger partial charge in [-0.1, -0.05) is 18.5 Å². The van der Waals surface area contributed by atoms with Crippen molar-refractivity contribution in [3.63, 3.8) is 0 Å². The maximum Gasteiger partial charge on any atom is 0.253 e. The summed E-state index contributed by atoms with van der Waals surface area (Å²) in [6, 6.07) is 1.69. The van der Waals surface area contributed by atoms with Gasteiger partial charge >= 0.3 is 0 Å². The Balaban J connectivity index is 2.10. The van der Waals surface area contributed by atoms with E-state index in [2.05, 4.69) is 10.3 Å². The maximum atomic E-state index is 12.0. The highest BCUT2D eigenvalue weighted by molar-refractivity contribution is 6.34. The fourth-order valence-electron chi connectivity index (χ4n) is 1.88. The first-order valence-electron chi connectivity index (χ1n) is 5.63. The standard InChI is InChI=1S/C12H15ClN2O2/c1-7-4-6-17-11(7)12(16)15-9-3-5-14-8(2)10(9)13/h3,5,7,11H,4,6H2,1-2H3,(H,14,15,16)/t7-,11-/m1/s1. The van der Waals surface area contributed by atoms with Gasteiger partial charge in [-0.2, -0.15) is 0 Å². The van der Waals surface area contributed by atoms with Gasteiger partial charge in [-0.3, -0.25) is 9.78 Å². The topological polar surface area (TPSA) is 51.2 Å². The van der Waals surface area contributed by atoms with E-state index in [1.807, 2.05) is 6.92 Å². The SMILES string of the molecule is Cc1nccc(NC(=O)[C@@H]2OCC[C@H]2C)c1Cl. The molecule has 0 unspecified atom stereocenters. The van der Waals surface area contributed by atoms with Crippen molar-refractivity contribution in [3.8, 4) is 0 Å². The minimum atomic E-state index is -0.375. The Hall–Kier alpha value is -1.13. The number of rotatable bonds is 2. The molecule has 0 spiro atoms. The number of hydrogen-bond acceptors (Lipinski definition) is 3. The predicted molar refractivity (Wildman–Crippen MR) is 66.1 cm³/mol. The number of pyridine rings is 1. The first-order valence-corrected chi connectivity index (χ1v) is 6.01. The fraction of sp³-hybridized carbons (Fsp3) is 0.500. The first kappa shape index (κ1) is 12.3. The number of aryl methyl sites for hydroxylation is 1. The van der Waals surface area contributed by atoms with Gasteiger partial charge in [0.2, 0.25) is 0 Å². The molecule has 0 saturated carbocycles. The van der Waals surface area contributed by atoms with Crippen LogP contribution in [-0.4, -0.2) is 23.6 Å². The lowest BCUT2D eigenvalue weighted by Gasteiger charge is -2.15. The summed E-state index contributed by atoms with van der Waals surface area (Å²) in [7, 11) is 0. The van der Waals surface area contributed by atoms with Crippen LogP contribution in [0.15, 0.2) is 12.3 Å². The Morgan fingerprint density at radius 1 is 1.65 bits per heavy atom. The van der Waals surface area contributed by atoms with E-state index in [0.717, 1.165) is 6.42 Å². The van der Waals surface area contributed by atoms with Crippen LogP contribution >= 0.6 is 11.6 Å². The summed E-state index contributed by atoms with van der Waals surface area (Å²) in [5.41, 5.74) is 1.29. The van der Waals surface area contributed by atoms with Crippen LogP contribution in [-0.2, 0) is 9.53 Å². The van der Waals surface area contributed by atoms with Crippen molar-refractivity contribution in [1.29, 1.82) is 0 Å². The summed E-state index contributed by atoms with van der Waals surface area (Å²) in [4.78, 5) is 16.0. The molecule has 1 N–H and O–H groups in total. The molecule has 1 aliphatic rings. The van der Waals surface area contributed by atoms with Gasteiger partial charge in [0, 0.05) is 12.8 Å². The van der Waals surface area contributed by atoms with Crippen LogP contribution in [0.4, 0.5) is 5.69 Å². The van der Waals surface area contributed by atoms with E-state index >= 15 is 0 Å². The van der Waals surface area contributed by atoms with Gasteiger partial charge in [0.1, 0.15) is 6.10 Å². The monoisotopic (exact) mass is 254 g/mol. The second-order valence-electron chi connectivity index (χ2n) is 4.30. The van der Waals surface area contributed by atoms with E-state index < -0.39 is 0 Å². The smallest absolute Gasteiger partial charge is 0.253 e. The molecule has 2 atom stereocenters. The average molecular weight is 255 g/mol. The molecule has 1 fully saturated rings. The van der Waals surface area contributed by atoms with Crippen molar-refractivity contribution in [2.45, 2.75) is 26.4 Å². The number of amides is 1. The lowest BCUT2D eigenvalue weighted by Crippen LogP contribution is -2.31. The number of carbonyl (C=O) groups excluding carboxylic acids is 1. The van der Waals surface area contributed by atoms with Gasteiger partial charge in [-0.15, -0.1) is 0 Å². The van der Waals surface area contributed by atoms with E-state index in [-0.39, 0.29) is 17.9 Å². The lowest BCUT2D eigenvalue weighted by atomic mass is 10.0. The third kappa shape index (κ3) is 2.58. The molecule has 0 aliphatic carbocycles. The summed E-state index contributed by atoms with van der Waals surface area (Å²) >= 11 is 6.06. The molecule has 0 aromatic carbocycles. The van der Waals surface area contributed by atoms with Crippen LogP contribution in [0.25, 0.3) is 0 Å². The summed E-state index contributed by atoms with van der Waals surface area (Å²) in [5, 5.41) is 3.27. The highest BCUT2D eigenvalue weighted by Gasteiger charge is 2.31. The van der Waals surface area contributed by atoms with E-state index in [4.69, 9.17) is 16.3 Å². The third-order valence-corrected chi connectivity index (χ3v) is 3.44. The van der Waals surface area contributed by atoms with Crippen molar-refractivity contribution in [1.82, 2.24) is 4.98 Å². The number of nitrogens with zero attached hydrogens (tertiary/aromatic N) is 1. The van der Waals surface area contributed by atoms with Crippen molar-refractivity contribution in [2.24, 2.45) is 5.92 Å². The Labute approximate surface area is 105 Å². The van der Waals surface area contributed by atoms with Crippen molar-refractivity contribution in [3.05, 3.63) is 23.0 Å². The average Bonchev–Trinajstić information content (AvgIpc) is 2.71. The molecule has 5 heteroatoms.